The minimum atomic E-state index is -0.447. The van der Waals surface area contributed by atoms with Crippen LogP contribution in [0.2, 0.25) is 0 Å². The number of fused-ring (bicyclic) bond motifs is 1. The van der Waals surface area contributed by atoms with E-state index in [1.165, 1.54) is 0 Å². The van der Waals surface area contributed by atoms with Crippen molar-refractivity contribution in [3.8, 4) is 0 Å². The molecule has 128 valence electrons. The van der Waals surface area contributed by atoms with Crippen LogP contribution in [-0.2, 0) is 16.6 Å². The van der Waals surface area contributed by atoms with Crippen LogP contribution >= 0.6 is 0 Å². The van der Waals surface area contributed by atoms with E-state index >= 15 is 0 Å². The van der Waals surface area contributed by atoms with Crippen molar-refractivity contribution in [2.75, 3.05) is 6.61 Å². The predicted octanol–water partition coefficient (Wildman–Crippen LogP) is 3.12. The number of rotatable bonds is 3. The SMILES string of the molecule is CC1CCCC(C)N1C(=O)COC(=O)c1cn(C)c2ccccc12. The maximum absolute atomic E-state index is 12.5. The lowest BCUT2D eigenvalue weighted by Crippen LogP contribution is -2.49. The minimum absolute atomic E-state index is 0.108. The number of benzene rings is 1. The van der Waals surface area contributed by atoms with Gasteiger partial charge in [-0.1, -0.05) is 18.2 Å². The molecule has 1 aliphatic heterocycles. The third-order valence-electron chi connectivity index (χ3n) is 4.93. The first kappa shape index (κ1) is 16.6. The van der Waals surface area contributed by atoms with Crippen LogP contribution in [0.15, 0.2) is 30.5 Å². The lowest BCUT2D eigenvalue weighted by atomic mass is 9.97. The molecule has 1 aromatic heterocycles. The summed E-state index contributed by atoms with van der Waals surface area (Å²) in [6, 6.07) is 8.08. The molecule has 0 aliphatic carbocycles. The second-order valence-corrected chi connectivity index (χ2v) is 6.68. The summed E-state index contributed by atoms with van der Waals surface area (Å²) in [6.07, 6.45) is 4.91. The second kappa shape index (κ2) is 6.67. The van der Waals surface area contributed by atoms with E-state index in [1.54, 1.807) is 6.20 Å². The van der Waals surface area contributed by atoms with Crippen LogP contribution in [0.4, 0.5) is 0 Å². The fourth-order valence-electron chi connectivity index (χ4n) is 3.70. The number of carbonyl (C=O) groups is 2. The maximum Gasteiger partial charge on any atom is 0.340 e. The molecule has 3 rings (SSSR count). The van der Waals surface area contributed by atoms with Crippen molar-refractivity contribution < 1.29 is 14.3 Å². The number of amides is 1. The van der Waals surface area contributed by atoms with Gasteiger partial charge in [0.1, 0.15) is 0 Å². The molecule has 0 spiro atoms. The highest BCUT2D eigenvalue weighted by atomic mass is 16.5. The normalized spacial score (nSPS) is 21.0. The number of aromatic nitrogens is 1. The number of piperidine rings is 1. The number of ether oxygens (including phenoxy) is 1. The first-order valence-electron chi connectivity index (χ1n) is 8.51. The molecule has 2 atom stereocenters. The standard InChI is InChI=1S/C19H24N2O3/c1-13-7-6-8-14(2)21(13)18(22)12-24-19(23)16-11-20(3)17-10-5-4-9-15(16)17/h4-5,9-11,13-14H,6-8,12H2,1-3H3. The van der Waals surface area contributed by atoms with Gasteiger partial charge in [0.05, 0.1) is 5.56 Å². The summed E-state index contributed by atoms with van der Waals surface area (Å²) in [5.41, 5.74) is 1.47. The van der Waals surface area contributed by atoms with E-state index in [4.69, 9.17) is 4.74 Å². The minimum Gasteiger partial charge on any atom is -0.452 e. The van der Waals surface area contributed by atoms with Gasteiger partial charge in [-0.15, -0.1) is 0 Å². The van der Waals surface area contributed by atoms with Gasteiger partial charge >= 0.3 is 5.97 Å². The van der Waals surface area contributed by atoms with Crippen molar-refractivity contribution in [3.05, 3.63) is 36.0 Å². The number of carbonyl (C=O) groups excluding carboxylic acids is 2. The van der Waals surface area contributed by atoms with Gasteiger partial charge in [-0.2, -0.15) is 0 Å². The molecule has 1 fully saturated rings. The number of nitrogens with zero attached hydrogens (tertiary/aromatic N) is 2. The molecule has 0 saturated carbocycles. The van der Waals surface area contributed by atoms with E-state index in [-0.39, 0.29) is 24.6 Å². The molecule has 5 nitrogen and oxygen atoms in total. The van der Waals surface area contributed by atoms with Crippen LogP contribution < -0.4 is 0 Å². The Bertz CT molecular complexity index is 755. The van der Waals surface area contributed by atoms with Gasteiger partial charge in [-0.25, -0.2) is 4.79 Å². The highest BCUT2D eigenvalue weighted by Crippen LogP contribution is 2.23. The first-order valence-corrected chi connectivity index (χ1v) is 8.51. The molecule has 0 bridgehead atoms. The third-order valence-corrected chi connectivity index (χ3v) is 4.93. The summed E-state index contributed by atoms with van der Waals surface area (Å²) >= 11 is 0. The van der Waals surface area contributed by atoms with Crippen molar-refractivity contribution in [1.82, 2.24) is 9.47 Å². The Kier molecular flexibility index (Phi) is 4.60. The fraction of sp³-hybridized carbons (Fsp3) is 0.474. The van der Waals surface area contributed by atoms with Crippen LogP contribution in [0.5, 0.6) is 0 Å². The van der Waals surface area contributed by atoms with Crippen LogP contribution in [0.1, 0.15) is 43.5 Å². The van der Waals surface area contributed by atoms with E-state index in [9.17, 15) is 9.59 Å². The molecule has 1 aliphatic rings. The van der Waals surface area contributed by atoms with Crippen molar-refractivity contribution in [3.63, 3.8) is 0 Å². The Morgan fingerprint density at radius 1 is 1.17 bits per heavy atom. The number of hydrogen-bond acceptors (Lipinski definition) is 3. The van der Waals surface area contributed by atoms with Crippen LogP contribution in [-0.4, -0.2) is 40.0 Å². The number of esters is 1. The Balaban J connectivity index is 1.70. The molecular formula is C19H24N2O3. The van der Waals surface area contributed by atoms with E-state index < -0.39 is 5.97 Å². The molecule has 24 heavy (non-hydrogen) atoms. The molecule has 0 radical (unpaired) electrons. The summed E-state index contributed by atoms with van der Waals surface area (Å²) in [5.74, 6) is -0.555. The Hall–Kier alpha value is -2.30. The van der Waals surface area contributed by atoms with Crippen molar-refractivity contribution >= 4 is 22.8 Å². The largest absolute Gasteiger partial charge is 0.452 e. The molecule has 2 aromatic rings. The Labute approximate surface area is 142 Å². The van der Waals surface area contributed by atoms with Crippen LogP contribution in [0.3, 0.4) is 0 Å². The monoisotopic (exact) mass is 328 g/mol. The summed E-state index contributed by atoms with van der Waals surface area (Å²) in [6.45, 7) is 3.91. The lowest BCUT2D eigenvalue weighted by Gasteiger charge is -2.38. The van der Waals surface area contributed by atoms with E-state index in [2.05, 4.69) is 13.8 Å². The number of likely N-dealkylation sites (tertiary alicyclic amines) is 1. The summed E-state index contributed by atoms with van der Waals surface area (Å²) < 4.78 is 7.21. The first-order chi connectivity index (χ1) is 11.5. The zero-order chi connectivity index (χ0) is 17.3. The number of aryl methyl sites for hydroxylation is 1. The van der Waals surface area contributed by atoms with Crippen molar-refractivity contribution in [2.45, 2.75) is 45.2 Å². The molecule has 0 N–H and O–H groups in total. The smallest absolute Gasteiger partial charge is 0.340 e. The van der Waals surface area contributed by atoms with Gasteiger partial charge in [0.2, 0.25) is 0 Å². The zero-order valence-corrected chi connectivity index (χ0v) is 14.5. The van der Waals surface area contributed by atoms with Gasteiger partial charge in [-0.05, 0) is 39.2 Å². The molecule has 1 amide bonds. The average Bonchev–Trinajstić information content (AvgIpc) is 2.90. The summed E-state index contributed by atoms with van der Waals surface area (Å²) in [5, 5.41) is 0.845. The number of para-hydroxylation sites is 1. The molecule has 1 saturated heterocycles. The zero-order valence-electron chi connectivity index (χ0n) is 14.5. The Morgan fingerprint density at radius 3 is 2.54 bits per heavy atom. The molecular weight excluding hydrogens is 304 g/mol. The summed E-state index contributed by atoms with van der Waals surface area (Å²) in [7, 11) is 1.89. The average molecular weight is 328 g/mol. The van der Waals surface area contributed by atoms with E-state index in [0.717, 1.165) is 30.2 Å². The molecule has 2 heterocycles. The van der Waals surface area contributed by atoms with Gasteiger partial charge in [0, 0.05) is 36.2 Å². The lowest BCUT2D eigenvalue weighted by molar-refractivity contribution is -0.140. The van der Waals surface area contributed by atoms with Crippen molar-refractivity contribution in [2.24, 2.45) is 7.05 Å². The van der Waals surface area contributed by atoms with Gasteiger partial charge in [0.25, 0.3) is 5.91 Å². The topological polar surface area (TPSA) is 51.5 Å². The quantitative estimate of drug-likeness (QED) is 0.814. The van der Waals surface area contributed by atoms with E-state index in [0.29, 0.717) is 5.56 Å². The molecule has 5 heteroatoms. The fourth-order valence-corrected chi connectivity index (χ4v) is 3.70. The number of hydrogen-bond donors (Lipinski definition) is 0. The van der Waals surface area contributed by atoms with Crippen LogP contribution in [0.25, 0.3) is 10.9 Å². The highest BCUT2D eigenvalue weighted by Gasteiger charge is 2.29. The third kappa shape index (κ3) is 3.03. The van der Waals surface area contributed by atoms with Crippen molar-refractivity contribution in [1.29, 1.82) is 0 Å². The second-order valence-electron chi connectivity index (χ2n) is 6.68. The summed E-state index contributed by atoms with van der Waals surface area (Å²) in [4.78, 5) is 26.7. The van der Waals surface area contributed by atoms with Gasteiger partial charge in [0.15, 0.2) is 6.61 Å². The molecule has 2 unspecified atom stereocenters. The van der Waals surface area contributed by atoms with E-state index in [1.807, 2.05) is 40.8 Å². The predicted molar refractivity (Wildman–Crippen MR) is 92.8 cm³/mol. The molecule has 1 aromatic carbocycles. The van der Waals surface area contributed by atoms with Gasteiger partial charge < -0.3 is 14.2 Å². The maximum atomic E-state index is 12.5. The van der Waals surface area contributed by atoms with Crippen LogP contribution in [0, 0.1) is 0 Å². The Morgan fingerprint density at radius 2 is 1.83 bits per heavy atom. The highest BCUT2D eigenvalue weighted by molar-refractivity contribution is 6.04. The van der Waals surface area contributed by atoms with Gasteiger partial charge in [-0.3, -0.25) is 4.79 Å².